The minimum Gasteiger partial charge on any atom is -0.508 e. The number of carboxylic acid groups (broad SMARTS) is 1. The zero-order chi connectivity index (χ0) is 27.5. The van der Waals surface area contributed by atoms with Crippen LogP contribution in [0.3, 0.4) is 0 Å². The van der Waals surface area contributed by atoms with Crippen LogP contribution in [0.25, 0.3) is 0 Å². The maximum atomic E-state index is 13.4. The van der Waals surface area contributed by atoms with Crippen LogP contribution < -0.4 is 20.4 Å². The van der Waals surface area contributed by atoms with Crippen molar-refractivity contribution in [3.63, 3.8) is 0 Å². The minimum absolute atomic E-state index is 0.0159. The summed E-state index contributed by atoms with van der Waals surface area (Å²) in [5, 5.41) is 22.1. The Kier molecular flexibility index (Phi) is 10.3. The van der Waals surface area contributed by atoms with Gasteiger partial charge in [0, 0.05) is 18.9 Å². The first-order valence-corrected chi connectivity index (χ1v) is 11.3. The highest BCUT2D eigenvalue weighted by molar-refractivity contribution is 6.10. The SMILES string of the molecule is CC(=O)N1CC(NC(=O)c2ccc(O)cc2)C(=O)N(CC(=O)NCC=O)c2ccccc21.CCC(=O)O. The molecule has 1 unspecified atom stereocenters. The number of amides is 4. The van der Waals surface area contributed by atoms with Gasteiger partial charge < -0.3 is 30.5 Å². The van der Waals surface area contributed by atoms with Crippen LogP contribution in [0.1, 0.15) is 30.6 Å². The molecule has 2 aromatic rings. The minimum atomic E-state index is -1.15. The number of hydrogen-bond acceptors (Lipinski definition) is 7. The molecule has 1 atom stereocenters. The normalized spacial score (nSPS) is 14.3. The van der Waals surface area contributed by atoms with Gasteiger partial charge in [-0.25, -0.2) is 0 Å². The molecule has 0 fully saturated rings. The van der Waals surface area contributed by atoms with E-state index in [-0.39, 0.29) is 36.7 Å². The van der Waals surface area contributed by atoms with Crippen LogP contribution in [0, 0.1) is 0 Å². The Hall–Kier alpha value is -4.74. The number of carbonyl (C=O) groups is 6. The first kappa shape index (κ1) is 28.5. The van der Waals surface area contributed by atoms with Gasteiger partial charge in [-0.05, 0) is 36.4 Å². The smallest absolute Gasteiger partial charge is 0.303 e. The molecule has 1 aliphatic rings. The van der Waals surface area contributed by atoms with Crippen molar-refractivity contribution >= 4 is 47.3 Å². The molecule has 12 nitrogen and oxygen atoms in total. The second kappa shape index (κ2) is 13.4. The summed E-state index contributed by atoms with van der Waals surface area (Å²) < 4.78 is 0. The molecule has 0 saturated heterocycles. The third-order valence-corrected chi connectivity index (χ3v) is 5.19. The molecule has 4 N–H and O–H groups in total. The van der Waals surface area contributed by atoms with E-state index in [1.165, 1.54) is 41.0 Å². The van der Waals surface area contributed by atoms with Crippen molar-refractivity contribution in [2.45, 2.75) is 26.3 Å². The Bertz CT molecular complexity index is 1170. The molecule has 2 aromatic carbocycles. The van der Waals surface area contributed by atoms with Crippen LogP contribution in [0.2, 0.25) is 0 Å². The molecule has 196 valence electrons. The fourth-order valence-electron chi connectivity index (χ4n) is 3.36. The molecule has 1 heterocycles. The monoisotopic (exact) mass is 512 g/mol. The lowest BCUT2D eigenvalue weighted by Crippen LogP contribution is -2.54. The highest BCUT2D eigenvalue weighted by Gasteiger charge is 2.36. The number of aromatic hydroxyl groups is 1. The molecule has 37 heavy (non-hydrogen) atoms. The van der Waals surface area contributed by atoms with Crippen molar-refractivity contribution in [1.82, 2.24) is 10.6 Å². The van der Waals surface area contributed by atoms with E-state index < -0.39 is 36.3 Å². The Balaban J connectivity index is 0.000000877. The van der Waals surface area contributed by atoms with E-state index in [9.17, 15) is 33.9 Å². The number of carbonyl (C=O) groups excluding carboxylic acids is 5. The summed E-state index contributed by atoms with van der Waals surface area (Å²) in [6.45, 7) is 2.19. The van der Waals surface area contributed by atoms with Crippen molar-refractivity contribution in [2.75, 3.05) is 29.4 Å². The van der Waals surface area contributed by atoms with Crippen molar-refractivity contribution < 1.29 is 39.0 Å². The van der Waals surface area contributed by atoms with Gasteiger partial charge in [0.25, 0.3) is 11.8 Å². The maximum absolute atomic E-state index is 13.4. The number of aliphatic carboxylic acids is 1. The maximum Gasteiger partial charge on any atom is 0.303 e. The van der Waals surface area contributed by atoms with Gasteiger partial charge >= 0.3 is 5.97 Å². The summed E-state index contributed by atoms with van der Waals surface area (Å²) in [6.07, 6.45) is 0.744. The van der Waals surface area contributed by atoms with Crippen LogP contribution in [0.15, 0.2) is 48.5 Å². The average molecular weight is 513 g/mol. The number of phenolic OH excluding ortho intramolecular Hbond substituents is 1. The van der Waals surface area contributed by atoms with Gasteiger partial charge in [-0.3, -0.25) is 28.9 Å². The van der Waals surface area contributed by atoms with Crippen LogP contribution in [0.4, 0.5) is 11.4 Å². The summed E-state index contributed by atoms with van der Waals surface area (Å²) >= 11 is 0. The number of nitrogens with one attached hydrogen (secondary N) is 2. The fraction of sp³-hybridized carbons (Fsp3) is 0.280. The predicted molar refractivity (Wildman–Crippen MR) is 133 cm³/mol. The summed E-state index contributed by atoms with van der Waals surface area (Å²) in [6, 6.07) is 10.9. The first-order valence-electron chi connectivity index (χ1n) is 11.3. The Morgan fingerprint density at radius 3 is 2.19 bits per heavy atom. The fourth-order valence-corrected chi connectivity index (χ4v) is 3.36. The number of nitrogens with zero attached hydrogens (tertiary/aromatic N) is 2. The summed E-state index contributed by atoms with van der Waals surface area (Å²) in [5.41, 5.74) is 0.954. The number of para-hydroxylation sites is 2. The predicted octanol–water partition coefficient (Wildman–Crippen LogP) is 0.686. The third kappa shape index (κ3) is 7.88. The van der Waals surface area contributed by atoms with Crippen LogP contribution in [0.5, 0.6) is 5.75 Å². The van der Waals surface area contributed by atoms with Crippen LogP contribution >= 0.6 is 0 Å². The molecule has 0 saturated carbocycles. The van der Waals surface area contributed by atoms with Crippen molar-refractivity contribution in [3.05, 3.63) is 54.1 Å². The average Bonchev–Trinajstić information content (AvgIpc) is 2.99. The summed E-state index contributed by atoms with van der Waals surface area (Å²) in [7, 11) is 0. The van der Waals surface area contributed by atoms with Gasteiger partial charge in [0.2, 0.25) is 11.8 Å². The van der Waals surface area contributed by atoms with Crippen molar-refractivity contribution in [1.29, 1.82) is 0 Å². The van der Waals surface area contributed by atoms with E-state index in [4.69, 9.17) is 5.11 Å². The molecule has 0 aromatic heterocycles. The number of rotatable bonds is 7. The van der Waals surface area contributed by atoms with Gasteiger partial charge in [-0.2, -0.15) is 0 Å². The number of phenols is 1. The Morgan fingerprint density at radius 1 is 1.05 bits per heavy atom. The number of hydrogen-bond donors (Lipinski definition) is 4. The zero-order valence-corrected chi connectivity index (χ0v) is 20.3. The molecule has 0 spiro atoms. The Labute approximate surface area is 212 Å². The number of anilines is 2. The highest BCUT2D eigenvalue weighted by Crippen LogP contribution is 2.32. The molecule has 0 bridgehead atoms. The largest absolute Gasteiger partial charge is 0.508 e. The first-order chi connectivity index (χ1) is 17.6. The molecule has 4 amide bonds. The third-order valence-electron chi connectivity index (χ3n) is 5.19. The van der Waals surface area contributed by atoms with Gasteiger partial charge in [-0.15, -0.1) is 0 Å². The lowest BCUT2D eigenvalue weighted by Gasteiger charge is -2.25. The quantitative estimate of drug-likeness (QED) is 0.392. The number of aldehydes is 1. The summed E-state index contributed by atoms with van der Waals surface area (Å²) in [4.78, 5) is 73.2. The number of fused-ring (bicyclic) bond motifs is 1. The van der Waals surface area contributed by atoms with E-state index >= 15 is 0 Å². The van der Waals surface area contributed by atoms with E-state index in [0.717, 1.165) is 0 Å². The molecule has 0 radical (unpaired) electrons. The van der Waals surface area contributed by atoms with E-state index in [0.29, 0.717) is 17.7 Å². The standard InChI is InChI=1S/C22H22N4O6.C3H6O2/c1-14(28)25-12-17(24-21(31)15-6-8-16(29)9-7-15)22(32)26(13-20(30)23-10-11-27)19-5-3-2-4-18(19)25;1-2-3(4)5/h2-9,11,17,29H,10,12-13H2,1H3,(H,23,30)(H,24,31);2H2,1H3,(H,4,5). The molecule has 3 rings (SSSR count). The lowest BCUT2D eigenvalue weighted by atomic mass is 10.1. The van der Waals surface area contributed by atoms with Gasteiger partial charge in [0.05, 0.1) is 24.5 Å². The zero-order valence-electron chi connectivity index (χ0n) is 20.3. The van der Waals surface area contributed by atoms with Gasteiger partial charge in [-0.1, -0.05) is 19.1 Å². The van der Waals surface area contributed by atoms with Crippen LogP contribution in [-0.2, 0) is 24.0 Å². The summed E-state index contributed by atoms with van der Waals surface area (Å²) in [5.74, 6) is -2.85. The van der Waals surface area contributed by atoms with Crippen LogP contribution in [-0.4, -0.2) is 71.8 Å². The van der Waals surface area contributed by atoms with Crippen molar-refractivity contribution in [2.24, 2.45) is 0 Å². The molecule has 1 aliphatic heterocycles. The van der Waals surface area contributed by atoms with Gasteiger partial charge in [0.15, 0.2) is 0 Å². The van der Waals surface area contributed by atoms with E-state index in [2.05, 4.69) is 10.6 Å². The molecular formula is C25H28N4O8. The lowest BCUT2D eigenvalue weighted by molar-refractivity contribution is -0.136. The second-order valence-corrected chi connectivity index (χ2v) is 7.83. The second-order valence-electron chi connectivity index (χ2n) is 7.83. The van der Waals surface area contributed by atoms with Crippen molar-refractivity contribution in [3.8, 4) is 5.75 Å². The van der Waals surface area contributed by atoms with Gasteiger partial charge in [0.1, 0.15) is 24.6 Å². The topological polar surface area (TPSA) is 173 Å². The molecular weight excluding hydrogens is 484 g/mol. The van der Waals surface area contributed by atoms with E-state index in [1.807, 2.05) is 0 Å². The Morgan fingerprint density at radius 2 is 1.65 bits per heavy atom. The highest BCUT2D eigenvalue weighted by atomic mass is 16.4. The van der Waals surface area contributed by atoms with E-state index in [1.54, 1.807) is 31.2 Å². The number of carboxylic acids is 1. The molecule has 12 heteroatoms. The molecule has 0 aliphatic carbocycles. The number of benzene rings is 2.